The van der Waals surface area contributed by atoms with E-state index in [-0.39, 0.29) is 24.0 Å². The summed E-state index contributed by atoms with van der Waals surface area (Å²) in [6.45, 7) is 10.2. The number of hydrogen-bond acceptors (Lipinski definition) is 2. The lowest BCUT2D eigenvalue weighted by Crippen LogP contribution is -2.38. The molecule has 2 N–H and O–H groups in total. The van der Waals surface area contributed by atoms with Crippen LogP contribution in [0, 0.1) is 5.92 Å². The average Bonchev–Trinajstić information content (AvgIpc) is 2.39. The number of rotatable bonds is 11. The molecule has 122 valence electrons. The minimum atomic E-state index is 0. The maximum Gasteiger partial charge on any atom is 0.190 e. The molecule has 0 saturated heterocycles. The predicted octanol–water partition coefficient (Wildman–Crippen LogP) is 3.41. The summed E-state index contributed by atoms with van der Waals surface area (Å²) in [7, 11) is 1.82. The average molecular weight is 399 g/mol. The zero-order valence-electron chi connectivity index (χ0n) is 13.7. The molecule has 0 radical (unpaired) electrons. The maximum atomic E-state index is 5.54. The minimum absolute atomic E-state index is 0. The quantitative estimate of drug-likeness (QED) is 0.242. The highest BCUT2D eigenvalue weighted by molar-refractivity contribution is 14.0. The minimum Gasteiger partial charge on any atom is -0.381 e. The van der Waals surface area contributed by atoms with Crippen LogP contribution in [0.2, 0.25) is 0 Å². The highest BCUT2D eigenvalue weighted by atomic mass is 127. The van der Waals surface area contributed by atoms with Gasteiger partial charge in [0.15, 0.2) is 5.96 Å². The van der Waals surface area contributed by atoms with Crippen LogP contribution < -0.4 is 10.6 Å². The monoisotopic (exact) mass is 399 g/mol. The highest BCUT2D eigenvalue weighted by Crippen LogP contribution is 1.96. The Kier molecular flexibility index (Phi) is 18.9. The van der Waals surface area contributed by atoms with E-state index < -0.39 is 0 Å². The van der Waals surface area contributed by atoms with Crippen molar-refractivity contribution in [2.24, 2.45) is 10.9 Å². The lowest BCUT2D eigenvalue weighted by molar-refractivity contribution is 0.108. The van der Waals surface area contributed by atoms with E-state index in [1.54, 1.807) is 0 Å². The smallest absolute Gasteiger partial charge is 0.190 e. The highest BCUT2D eigenvalue weighted by Gasteiger charge is 1.97. The molecule has 0 aromatic heterocycles. The van der Waals surface area contributed by atoms with Crippen LogP contribution in [0.4, 0.5) is 0 Å². The molecule has 0 bridgehead atoms. The molecule has 0 aromatic rings. The molecule has 0 aromatic carbocycles. The first kappa shape index (κ1) is 22.2. The zero-order chi connectivity index (χ0) is 14.3. The van der Waals surface area contributed by atoms with Gasteiger partial charge >= 0.3 is 0 Å². The van der Waals surface area contributed by atoms with Crippen molar-refractivity contribution in [2.75, 3.05) is 33.4 Å². The third-order valence-corrected chi connectivity index (χ3v) is 2.76. The van der Waals surface area contributed by atoms with Crippen LogP contribution in [-0.4, -0.2) is 39.3 Å². The van der Waals surface area contributed by atoms with E-state index in [2.05, 4.69) is 36.4 Å². The fourth-order valence-corrected chi connectivity index (χ4v) is 1.68. The molecule has 0 spiro atoms. The van der Waals surface area contributed by atoms with E-state index in [0.717, 1.165) is 38.7 Å². The van der Waals surface area contributed by atoms with Gasteiger partial charge < -0.3 is 15.4 Å². The van der Waals surface area contributed by atoms with Crippen LogP contribution in [-0.2, 0) is 4.74 Å². The second-order valence-corrected chi connectivity index (χ2v) is 5.31. The number of hydrogen-bond donors (Lipinski definition) is 2. The van der Waals surface area contributed by atoms with Gasteiger partial charge in [-0.1, -0.05) is 40.0 Å². The van der Waals surface area contributed by atoms with Crippen LogP contribution in [0.15, 0.2) is 4.99 Å². The molecule has 0 heterocycles. The molecule has 0 saturated carbocycles. The van der Waals surface area contributed by atoms with Crippen LogP contribution in [0.3, 0.4) is 0 Å². The Labute approximate surface area is 142 Å². The Balaban J connectivity index is 0. The Hall–Kier alpha value is -0.0400. The maximum absolute atomic E-state index is 5.54. The van der Waals surface area contributed by atoms with E-state index in [4.69, 9.17) is 4.74 Å². The third kappa shape index (κ3) is 16.0. The number of guanidine groups is 1. The summed E-state index contributed by atoms with van der Waals surface area (Å²) in [5, 5.41) is 6.64. The summed E-state index contributed by atoms with van der Waals surface area (Å²) in [5.41, 5.74) is 0. The van der Waals surface area contributed by atoms with Crippen molar-refractivity contribution < 1.29 is 4.74 Å². The molecule has 0 amide bonds. The van der Waals surface area contributed by atoms with Gasteiger partial charge in [0.25, 0.3) is 0 Å². The molecule has 0 rings (SSSR count). The molecule has 20 heavy (non-hydrogen) atoms. The van der Waals surface area contributed by atoms with Gasteiger partial charge in [0.2, 0.25) is 0 Å². The first-order valence-electron chi connectivity index (χ1n) is 7.73. The first-order valence-corrected chi connectivity index (χ1v) is 7.73. The van der Waals surface area contributed by atoms with E-state index in [0.29, 0.717) is 5.92 Å². The molecule has 5 heteroatoms. The SMILES string of the molecule is CCCCCCNC(=NC)NCCCOCC(C)C.I. The fourth-order valence-electron chi connectivity index (χ4n) is 1.68. The Morgan fingerprint density at radius 2 is 1.70 bits per heavy atom. The third-order valence-electron chi connectivity index (χ3n) is 2.76. The molecule has 4 nitrogen and oxygen atoms in total. The van der Waals surface area contributed by atoms with Crippen molar-refractivity contribution in [3.63, 3.8) is 0 Å². The standard InChI is InChI=1S/C15H33N3O.HI/c1-5-6-7-8-10-17-15(16-4)18-11-9-12-19-13-14(2)3;/h14H,5-13H2,1-4H3,(H2,16,17,18);1H. The number of aliphatic imine (C=N–C) groups is 1. The molecular weight excluding hydrogens is 365 g/mol. The van der Waals surface area contributed by atoms with Gasteiger partial charge in [-0.05, 0) is 18.8 Å². The fraction of sp³-hybridized carbons (Fsp3) is 0.933. The Morgan fingerprint density at radius 3 is 2.25 bits per heavy atom. The zero-order valence-corrected chi connectivity index (χ0v) is 16.0. The van der Waals surface area contributed by atoms with Crippen molar-refractivity contribution in [2.45, 2.75) is 52.9 Å². The second-order valence-electron chi connectivity index (χ2n) is 5.31. The molecule has 0 unspecified atom stereocenters. The predicted molar refractivity (Wildman–Crippen MR) is 99.2 cm³/mol. The van der Waals surface area contributed by atoms with Gasteiger partial charge in [-0.15, -0.1) is 24.0 Å². The van der Waals surface area contributed by atoms with Gasteiger partial charge in [-0.25, -0.2) is 0 Å². The number of nitrogens with zero attached hydrogens (tertiary/aromatic N) is 1. The number of ether oxygens (including phenoxy) is 1. The van der Waals surface area contributed by atoms with E-state index in [1.165, 1.54) is 25.7 Å². The van der Waals surface area contributed by atoms with Gasteiger partial charge in [0.1, 0.15) is 0 Å². The van der Waals surface area contributed by atoms with Gasteiger partial charge in [0, 0.05) is 33.4 Å². The summed E-state index contributed by atoms with van der Waals surface area (Å²) in [4.78, 5) is 4.21. The van der Waals surface area contributed by atoms with Crippen LogP contribution >= 0.6 is 24.0 Å². The van der Waals surface area contributed by atoms with Crippen LogP contribution in [0.1, 0.15) is 52.9 Å². The second kappa shape index (κ2) is 17.0. The normalized spacial score (nSPS) is 11.3. The first-order chi connectivity index (χ1) is 9.20. The molecule has 0 atom stereocenters. The van der Waals surface area contributed by atoms with Gasteiger partial charge in [-0.2, -0.15) is 0 Å². The Morgan fingerprint density at radius 1 is 1.05 bits per heavy atom. The van der Waals surface area contributed by atoms with E-state index in [9.17, 15) is 0 Å². The molecular formula is C15H34IN3O. The van der Waals surface area contributed by atoms with Crippen molar-refractivity contribution >= 4 is 29.9 Å². The van der Waals surface area contributed by atoms with Gasteiger partial charge in [-0.3, -0.25) is 4.99 Å². The van der Waals surface area contributed by atoms with Crippen molar-refractivity contribution in [3.05, 3.63) is 0 Å². The van der Waals surface area contributed by atoms with E-state index in [1.807, 2.05) is 7.05 Å². The summed E-state index contributed by atoms with van der Waals surface area (Å²) >= 11 is 0. The number of nitrogens with one attached hydrogen (secondary N) is 2. The lowest BCUT2D eigenvalue weighted by atomic mass is 10.2. The van der Waals surface area contributed by atoms with Gasteiger partial charge in [0.05, 0.1) is 0 Å². The van der Waals surface area contributed by atoms with Crippen molar-refractivity contribution in [1.29, 1.82) is 0 Å². The number of unbranched alkanes of at least 4 members (excludes halogenated alkanes) is 3. The molecule has 0 fully saturated rings. The molecule has 0 aliphatic rings. The topological polar surface area (TPSA) is 45.7 Å². The van der Waals surface area contributed by atoms with Crippen molar-refractivity contribution in [1.82, 2.24) is 10.6 Å². The number of halogens is 1. The summed E-state index contributed by atoms with van der Waals surface area (Å²) in [5.74, 6) is 1.52. The van der Waals surface area contributed by atoms with Crippen LogP contribution in [0.5, 0.6) is 0 Å². The molecule has 0 aliphatic carbocycles. The lowest BCUT2D eigenvalue weighted by Gasteiger charge is -2.12. The Bertz CT molecular complexity index is 223. The molecule has 0 aliphatic heterocycles. The van der Waals surface area contributed by atoms with Crippen LogP contribution in [0.25, 0.3) is 0 Å². The summed E-state index contributed by atoms with van der Waals surface area (Å²) < 4.78 is 5.54. The largest absolute Gasteiger partial charge is 0.381 e. The van der Waals surface area contributed by atoms with E-state index >= 15 is 0 Å². The summed E-state index contributed by atoms with van der Waals surface area (Å²) in [6, 6.07) is 0. The van der Waals surface area contributed by atoms with Crippen molar-refractivity contribution in [3.8, 4) is 0 Å². The summed E-state index contributed by atoms with van der Waals surface area (Å²) in [6.07, 6.45) is 6.13.